The van der Waals surface area contributed by atoms with Gasteiger partial charge in [-0.3, -0.25) is 4.79 Å². The van der Waals surface area contributed by atoms with Gasteiger partial charge in [0.15, 0.2) is 5.78 Å². The van der Waals surface area contributed by atoms with Crippen LogP contribution in [0.1, 0.15) is 55.5 Å². The third-order valence-corrected chi connectivity index (χ3v) is 3.59. The first kappa shape index (κ1) is 11.4. The van der Waals surface area contributed by atoms with E-state index in [1.165, 1.54) is 13.0 Å². The topological polar surface area (TPSA) is 54.4 Å². The number of carboxylic acids is 1. The van der Waals surface area contributed by atoms with Crippen LogP contribution in [0, 0.1) is 5.41 Å². The maximum absolute atomic E-state index is 12.2. The highest BCUT2D eigenvalue weighted by Crippen LogP contribution is 2.39. The summed E-state index contributed by atoms with van der Waals surface area (Å²) in [4.78, 5) is 22.8. The van der Waals surface area contributed by atoms with Crippen molar-refractivity contribution >= 4 is 11.8 Å². The number of carbonyl (C=O) groups excluding carboxylic acids is 1. The molecule has 0 aromatic rings. The van der Waals surface area contributed by atoms with Crippen LogP contribution in [0.5, 0.6) is 0 Å². The lowest BCUT2D eigenvalue weighted by molar-refractivity contribution is -0.131. The first-order valence-corrected chi connectivity index (χ1v) is 7.32. The maximum atomic E-state index is 12.2. The smallest absolute Gasteiger partial charge is 0.328 e. The minimum atomic E-state index is -2.81. The summed E-state index contributed by atoms with van der Waals surface area (Å²) < 4.78 is 47.6. The molecule has 0 fully saturated rings. The summed E-state index contributed by atoms with van der Waals surface area (Å²) in [6.07, 6.45) is 8.53. The van der Waals surface area contributed by atoms with Crippen LogP contribution in [-0.2, 0) is 9.59 Å². The van der Waals surface area contributed by atoms with E-state index in [2.05, 4.69) is 0 Å². The second kappa shape index (κ2) is 7.91. The molecule has 0 bridgehead atoms. The van der Waals surface area contributed by atoms with Gasteiger partial charge in [0.2, 0.25) is 0 Å². The number of allylic oxidation sites excluding steroid dienone is 9. The predicted molar refractivity (Wildman–Crippen MR) is 94.2 cm³/mol. The average molecular weight is 320 g/mol. The molecule has 0 aromatic carbocycles. The Morgan fingerprint density at radius 1 is 1.26 bits per heavy atom. The number of carbonyl (C=O) groups is 2. The third kappa shape index (κ3) is 5.85. The van der Waals surface area contributed by atoms with Gasteiger partial charge in [-0.1, -0.05) is 49.7 Å². The SMILES string of the molecule is [2H]C([2H])([2H])C1(C([2H])([2H])[2H])CCC(=O)C(C)=C1/C=C/C(C)=C/C=C/C(C)=C\C(=O)O. The van der Waals surface area contributed by atoms with E-state index in [0.29, 0.717) is 11.1 Å². The Morgan fingerprint density at radius 2 is 1.96 bits per heavy atom. The first-order chi connectivity index (χ1) is 13.1. The normalized spacial score (nSPS) is 24.9. The van der Waals surface area contributed by atoms with Crippen LogP contribution in [0.25, 0.3) is 0 Å². The van der Waals surface area contributed by atoms with Gasteiger partial charge in [-0.2, -0.15) is 0 Å². The van der Waals surface area contributed by atoms with E-state index < -0.39 is 25.1 Å². The van der Waals surface area contributed by atoms with Crippen molar-refractivity contribution in [3.8, 4) is 0 Å². The fourth-order valence-electron chi connectivity index (χ4n) is 2.23. The number of carboxylic acid groups (broad SMARTS) is 1. The number of rotatable bonds is 5. The summed E-state index contributed by atoms with van der Waals surface area (Å²) in [5.74, 6) is -1.31. The van der Waals surface area contributed by atoms with Crippen molar-refractivity contribution in [1.29, 1.82) is 0 Å². The molecule has 3 heteroatoms. The second-order valence-electron chi connectivity index (χ2n) is 5.70. The molecule has 0 saturated carbocycles. The highest BCUT2D eigenvalue weighted by molar-refractivity contribution is 5.97. The van der Waals surface area contributed by atoms with Crippen molar-refractivity contribution in [2.75, 3.05) is 0 Å². The molecule has 0 radical (unpaired) electrons. The molecule has 0 spiro atoms. The molecular weight excluding hydrogens is 288 g/mol. The molecule has 0 saturated heterocycles. The summed E-state index contributed by atoms with van der Waals surface area (Å²) in [6.45, 7) is -0.796. The van der Waals surface area contributed by atoms with Gasteiger partial charge in [-0.05, 0) is 49.3 Å². The molecule has 1 N–H and O–H groups in total. The van der Waals surface area contributed by atoms with Crippen molar-refractivity contribution < 1.29 is 22.9 Å². The Labute approximate surface area is 147 Å². The van der Waals surface area contributed by atoms with Crippen LogP contribution >= 0.6 is 0 Å². The lowest BCUT2D eigenvalue weighted by atomic mass is 9.72. The Balaban J connectivity index is 3.38. The lowest BCUT2D eigenvalue weighted by Crippen LogP contribution is -2.24. The summed E-state index contributed by atoms with van der Waals surface area (Å²) in [5, 5.41) is 8.69. The van der Waals surface area contributed by atoms with E-state index in [1.54, 1.807) is 38.2 Å². The van der Waals surface area contributed by atoms with Gasteiger partial charge in [0.25, 0.3) is 0 Å². The molecule has 0 aliphatic heterocycles. The van der Waals surface area contributed by atoms with E-state index in [9.17, 15) is 9.59 Å². The quantitative estimate of drug-likeness (QED) is 0.586. The molecule has 0 atom stereocenters. The van der Waals surface area contributed by atoms with E-state index >= 15 is 0 Å². The van der Waals surface area contributed by atoms with Gasteiger partial charge in [0, 0.05) is 20.7 Å². The summed E-state index contributed by atoms with van der Waals surface area (Å²) in [7, 11) is 0. The average Bonchev–Trinajstić information content (AvgIpc) is 2.53. The van der Waals surface area contributed by atoms with Crippen LogP contribution in [-0.4, -0.2) is 16.9 Å². The van der Waals surface area contributed by atoms with Gasteiger partial charge >= 0.3 is 5.97 Å². The molecule has 124 valence electrons. The zero-order chi connectivity index (χ0) is 22.6. The molecular formula is C20H26O3. The molecule has 23 heavy (non-hydrogen) atoms. The zero-order valence-electron chi connectivity index (χ0n) is 19.6. The van der Waals surface area contributed by atoms with Crippen molar-refractivity contribution in [2.24, 2.45) is 5.41 Å². The van der Waals surface area contributed by atoms with Crippen molar-refractivity contribution in [3.63, 3.8) is 0 Å². The zero-order valence-corrected chi connectivity index (χ0v) is 13.6. The minimum absolute atomic E-state index is 0.0208. The monoisotopic (exact) mass is 320 g/mol. The van der Waals surface area contributed by atoms with E-state index in [1.807, 2.05) is 0 Å². The predicted octanol–water partition coefficient (Wildman–Crippen LogP) is 4.78. The number of ketones is 1. The fraction of sp³-hybridized carbons (Fsp3) is 0.400. The number of hydrogen-bond donors (Lipinski definition) is 1. The maximum Gasteiger partial charge on any atom is 0.328 e. The van der Waals surface area contributed by atoms with Crippen molar-refractivity contribution in [1.82, 2.24) is 0 Å². The van der Waals surface area contributed by atoms with Crippen molar-refractivity contribution in [3.05, 3.63) is 58.7 Å². The Kier molecular flexibility index (Phi) is 3.92. The van der Waals surface area contributed by atoms with E-state index in [4.69, 9.17) is 13.3 Å². The molecule has 1 rings (SSSR count). The van der Waals surface area contributed by atoms with E-state index in [-0.39, 0.29) is 29.8 Å². The second-order valence-corrected chi connectivity index (χ2v) is 5.70. The minimum Gasteiger partial charge on any atom is -0.478 e. The molecule has 1 aliphatic rings. The first-order valence-electron chi connectivity index (χ1n) is 10.3. The molecule has 0 heterocycles. The molecule has 1 aliphatic carbocycles. The van der Waals surface area contributed by atoms with Gasteiger partial charge in [-0.25, -0.2) is 4.79 Å². The standard InChI is InChI=1S/C20H26O3/c1-14(7-6-8-15(2)13-19(22)23)9-10-17-16(3)18(21)11-12-20(17,4)5/h6-10,13H,11-12H2,1-5H3,(H,22,23)/b8-6+,10-9+,14-7+,15-13-/i4D3,5D3. The van der Waals surface area contributed by atoms with Gasteiger partial charge in [0.1, 0.15) is 0 Å². The summed E-state index contributed by atoms with van der Waals surface area (Å²) in [6, 6.07) is 0. The third-order valence-electron chi connectivity index (χ3n) is 3.59. The number of Topliss-reactive ketones (excluding diaryl/α,β-unsaturated/α-hetero) is 1. The highest BCUT2D eigenvalue weighted by Gasteiger charge is 2.30. The fourth-order valence-corrected chi connectivity index (χ4v) is 2.23. The Bertz CT molecular complexity index is 806. The van der Waals surface area contributed by atoms with Gasteiger partial charge in [0.05, 0.1) is 0 Å². The molecule has 0 aromatic heterocycles. The summed E-state index contributed by atoms with van der Waals surface area (Å²) in [5.41, 5.74) is -0.722. The van der Waals surface area contributed by atoms with E-state index in [0.717, 1.165) is 6.08 Å². The number of aliphatic carboxylic acids is 1. The van der Waals surface area contributed by atoms with Crippen molar-refractivity contribution in [2.45, 2.75) is 47.3 Å². The highest BCUT2D eigenvalue weighted by atomic mass is 16.4. The van der Waals surface area contributed by atoms with Gasteiger partial charge < -0.3 is 5.11 Å². The lowest BCUT2D eigenvalue weighted by Gasteiger charge is -2.32. The van der Waals surface area contributed by atoms with Crippen LogP contribution in [0.4, 0.5) is 0 Å². The van der Waals surface area contributed by atoms with Crippen LogP contribution in [0.2, 0.25) is 0 Å². The Morgan fingerprint density at radius 3 is 2.57 bits per heavy atom. The molecule has 0 amide bonds. The van der Waals surface area contributed by atoms with Crippen LogP contribution in [0.15, 0.2) is 58.7 Å². The largest absolute Gasteiger partial charge is 0.478 e. The van der Waals surface area contributed by atoms with Crippen LogP contribution in [0.3, 0.4) is 0 Å². The van der Waals surface area contributed by atoms with Crippen LogP contribution < -0.4 is 0 Å². The number of hydrogen-bond acceptors (Lipinski definition) is 2. The molecule has 0 unspecified atom stereocenters. The Hall–Kier alpha value is -2.16. The molecule has 3 nitrogen and oxygen atoms in total. The summed E-state index contributed by atoms with van der Waals surface area (Å²) >= 11 is 0. The van der Waals surface area contributed by atoms with Gasteiger partial charge in [-0.15, -0.1) is 0 Å².